The second-order valence-electron chi connectivity index (χ2n) is 5.63. The summed E-state index contributed by atoms with van der Waals surface area (Å²) in [6.07, 6.45) is 2.88. The SMILES string of the molecule is CC.CCC.COc1cccc(S(=O)(=O)N2CCC(OC)CC2)c1C. The van der Waals surface area contributed by atoms with E-state index < -0.39 is 10.0 Å². The van der Waals surface area contributed by atoms with Crippen LogP contribution in [0.4, 0.5) is 0 Å². The van der Waals surface area contributed by atoms with E-state index in [-0.39, 0.29) is 6.10 Å². The standard InChI is InChI=1S/C14H21NO4S.C3H8.C2H6/c1-11-13(19-3)5-4-6-14(11)20(16,17)15-9-7-12(18-2)8-10-15;1-3-2;1-2/h4-6,12H,7-10H2,1-3H3;3H2,1-2H3;1-2H3. The van der Waals surface area contributed by atoms with E-state index in [0.29, 0.717) is 29.3 Å². The molecular formula is C19H35NO4S. The first kappa shape index (κ1) is 23.9. The Morgan fingerprint density at radius 2 is 1.64 bits per heavy atom. The van der Waals surface area contributed by atoms with Crippen molar-refractivity contribution in [2.75, 3.05) is 27.3 Å². The largest absolute Gasteiger partial charge is 0.496 e. The van der Waals surface area contributed by atoms with E-state index >= 15 is 0 Å². The smallest absolute Gasteiger partial charge is 0.243 e. The van der Waals surface area contributed by atoms with Gasteiger partial charge in [-0.15, -0.1) is 0 Å². The monoisotopic (exact) mass is 373 g/mol. The quantitative estimate of drug-likeness (QED) is 0.792. The number of rotatable bonds is 4. The molecule has 0 radical (unpaired) electrons. The lowest BCUT2D eigenvalue weighted by atomic mass is 10.1. The molecule has 5 nitrogen and oxygen atoms in total. The van der Waals surface area contributed by atoms with E-state index in [1.54, 1.807) is 39.3 Å². The van der Waals surface area contributed by atoms with Gasteiger partial charge < -0.3 is 9.47 Å². The molecule has 0 unspecified atom stereocenters. The lowest BCUT2D eigenvalue weighted by Crippen LogP contribution is -2.40. The van der Waals surface area contributed by atoms with E-state index in [4.69, 9.17) is 9.47 Å². The van der Waals surface area contributed by atoms with Crippen molar-refractivity contribution in [3.05, 3.63) is 23.8 Å². The van der Waals surface area contributed by atoms with E-state index in [9.17, 15) is 8.42 Å². The van der Waals surface area contributed by atoms with Crippen LogP contribution in [0, 0.1) is 6.92 Å². The Bertz CT molecular complexity index is 579. The van der Waals surface area contributed by atoms with Crippen LogP contribution in [0.25, 0.3) is 0 Å². The predicted octanol–water partition coefficient (Wildman–Crippen LogP) is 4.25. The highest BCUT2D eigenvalue weighted by Crippen LogP contribution is 2.28. The number of piperidine rings is 1. The molecule has 1 aromatic carbocycles. The van der Waals surface area contributed by atoms with Crippen molar-refractivity contribution in [1.29, 1.82) is 0 Å². The second kappa shape index (κ2) is 12.3. The summed E-state index contributed by atoms with van der Waals surface area (Å²) in [5.74, 6) is 0.595. The number of hydrogen-bond acceptors (Lipinski definition) is 4. The third-order valence-electron chi connectivity index (χ3n) is 3.81. The van der Waals surface area contributed by atoms with Gasteiger partial charge in [0.05, 0.1) is 18.1 Å². The number of sulfonamides is 1. The van der Waals surface area contributed by atoms with Gasteiger partial charge in [0.1, 0.15) is 5.75 Å². The van der Waals surface area contributed by atoms with Crippen molar-refractivity contribution >= 4 is 10.0 Å². The second-order valence-corrected chi connectivity index (χ2v) is 7.54. The van der Waals surface area contributed by atoms with Gasteiger partial charge in [-0.1, -0.05) is 40.2 Å². The third kappa shape index (κ3) is 6.60. The first-order valence-electron chi connectivity index (χ1n) is 9.08. The average Bonchev–Trinajstić information content (AvgIpc) is 2.64. The Morgan fingerprint density at radius 1 is 1.12 bits per heavy atom. The topological polar surface area (TPSA) is 55.8 Å². The van der Waals surface area contributed by atoms with Gasteiger partial charge in [0.15, 0.2) is 0 Å². The molecule has 1 aliphatic rings. The van der Waals surface area contributed by atoms with E-state index in [2.05, 4.69) is 13.8 Å². The molecule has 2 rings (SSSR count). The van der Waals surface area contributed by atoms with Crippen LogP contribution < -0.4 is 4.74 Å². The highest BCUT2D eigenvalue weighted by atomic mass is 32.2. The van der Waals surface area contributed by atoms with Crippen LogP contribution >= 0.6 is 0 Å². The zero-order valence-electron chi connectivity index (χ0n) is 16.8. The average molecular weight is 374 g/mol. The fourth-order valence-electron chi connectivity index (χ4n) is 2.54. The van der Waals surface area contributed by atoms with Crippen LogP contribution in [0.2, 0.25) is 0 Å². The van der Waals surface area contributed by atoms with E-state index in [1.165, 1.54) is 10.7 Å². The van der Waals surface area contributed by atoms with E-state index in [1.807, 2.05) is 13.8 Å². The van der Waals surface area contributed by atoms with Crippen molar-refractivity contribution in [3.63, 3.8) is 0 Å². The number of ether oxygens (including phenoxy) is 2. The van der Waals surface area contributed by atoms with Crippen LogP contribution in [0.5, 0.6) is 5.75 Å². The Hall–Kier alpha value is -1.11. The molecule has 0 N–H and O–H groups in total. The molecule has 0 amide bonds. The van der Waals surface area contributed by atoms with Gasteiger partial charge in [-0.25, -0.2) is 8.42 Å². The Kier molecular flexibility index (Phi) is 11.7. The molecule has 1 aromatic rings. The molecule has 6 heteroatoms. The normalized spacial score (nSPS) is 15.5. The first-order chi connectivity index (χ1) is 11.9. The number of methoxy groups -OCH3 is 2. The van der Waals surface area contributed by atoms with E-state index in [0.717, 1.165) is 12.8 Å². The Labute approximate surface area is 154 Å². The molecule has 1 saturated heterocycles. The zero-order valence-corrected chi connectivity index (χ0v) is 17.6. The highest BCUT2D eigenvalue weighted by molar-refractivity contribution is 7.89. The third-order valence-corrected chi connectivity index (χ3v) is 5.85. The molecule has 0 spiro atoms. The van der Waals surface area contributed by atoms with Crippen molar-refractivity contribution in [1.82, 2.24) is 4.31 Å². The lowest BCUT2D eigenvalue weighted by molar-refractivity contribution is 0.0604. The first-order valence-corrected chi connectivity index (χ1v) is 10.5. The summed E-state index contributed by atoms with van der Waals surface area (Å²) in [7, 11) is -0.247. The number of benzene rings is 1. The minimum atomic E-state index is -3.46. The highest BCUT2D eigenvalue weighted by Gasteiger charge is 2.30. The van der Waals surface area contributed by atoms with Gasteiger partial charge in [-0.2, -0.15) is 4.31 Å². The van der Waals surface area contributed by atoms with Gasteiger partial charge in [-0.3, -0.25) is 0 Å². The molecular weight excluding hydrogens is 338 g/mol. The predicted molar refractivity (Wildman–Crippen MR) is 104 cm³/mol. The van der Waals surface area contributed by atoms with Crippen LogP contribution in [-0.4, -0.2) is 46.1 Å². The molecule has 1 aliphatic heterocycles. The lowest BCUT2D eigenvalue weighted by Gasteiger charge is -2.30. The van der Waals surface area contributed by atoms with Crippen molar-refractivity contribution < 1.29 is 17.9 Å². The molecule has 0 atom stereocenters. The van der Waals surface area contributed by atoms with Crippen molar-refractivity contribution in [2.24, 2.45) is 0 Å². The molecule has 0 aromatic heterocycles. The van der Waals surface area contributed by atoms with Gasteiger partial charge >= 0.3 is 0 Å². The van der Waals surface area contributed by atoms with Gasteiger partial charge in [0.2, 0.25) is 10.0 Å². The molecule has 1 heterocycles. The number of hydrogen-bond donors (Lipinski definition) is 0. The maximum Gasteiger partial charge on any atom is 0.243 e. The minimum absolute atomic E-state index is 0.160. The van der Waals surface area contributed by atoms with Gasteiger partial charge in [-0.05, 0) is 31.9 Å². The molecule has 25 heavy (non-hydrogen) atoms. The molecule has 1 fully saturated rings. The fraction of sp³-hybridized carbons (Fsp3) is 0.684. The molecule has 146 valence electrons. The van der Waals surface area contributed by atoms with Crippen molar-refractivity contribution in [3.8, 4) is 5.75 Å². The summed E-state index contributed by atoms with van der Waals surface area (Å²) in [5.41, 5.74) is 0.656. The summed E-state index contributed by atoms with van der Waals surface area (Å²) < 4.78 is 37.4. The molecule has 0 saturated carbocycles. The Balaban J connectivity index is 0.00000104. The summed E-state index contributed by atoms with van der Waals surface area (Å²) >= 11 is 0. The molecule has 0 bridgehead atoms. The van der Waals surface area contributed by atoms with Gasteiger partial charge in [0, 0.05) is 25.8 Å². The number of nitrogens with zero attached hydrogens (tertiary/aromatic N) is 1. The van der Waals surface area contributed by atoms with Gasteiger partial charge in [0.25, 0.3) is 0 Å². The molecule has 0 aliphatic carbocycles. The zero-order chi connectivity index (χ0) is 19.5. The maximum atomic E-state index is 12.7. The Morgan fingerprint density at radius 3 is 2.08 bits per heavy atom. The maximum absolute atomic E-state index is 12.7. The summed E-state index contributed by atoms with van der Waals surface area (Å²) in [6, 6.07) is 5.11. The fourth-order valence-corrected chi connectivity index (χ4v) is 4.25. The van der Waals surface area contributed by atoms with Crippen LogP contribution in [0.1, 0.15) is 52.5 Å². The van der Waals surface area contributed by atoms with Crippen LogP contribution in [0.15, 0.2) is 23.1 Å². The minimum Gasteiger partial charge on any atom is -0.496 e. The summed E-state index contributed by atoms with van der Waals surface area (Å²) in [5, 5.41) is 0. The van der Waals surface area contributed by atoms with Crippen molar-refractivity contribution in [2.45, 2.75) is 64.9 Å². The summed E-state index contributed by atoms with van der Waals surface area (Å²) in [6.45, 7) is 11.0. The van der Waals surface area contributed by atoms with Crippen LogP contribution in [-0.2, 0) is 14.8 Å². The summed E-state index contributed by atoms with van der Waals surface area (Å²) in [4.78, 5) is 0.327. The van der Waals surface area contributed by atoms with Crippen LogP contribution in [0.3, 0.4) is 0 Å².